The Kier molecular flexibility index (Phi) is 4.78. The molecule has 100 valence electrons. The monoisotopic (exact) mass is 254 g/mol. The van der Waals surface area contributed by atoms with Crippen LogP contribution in [0.15, 0.2) is 6.20 Å². The summed E-state index contributed by atoms with van der Waals surface area (Å²) in [5.74, 6) is -0.970. The molecule has 5 N–H and O–H groups in total. The number of nitrogens with one attached hydrogen (secondary N) is 1. The highest BCUT2D eigenvalue weighted by atomic mass is 16.2. The van der Waals surface area contributed by atoms with Gasteiger partial charge in [0.25, 0.3) is 0 Å². The third kappa shape index (κ3) is 3.81. The molecule has 0 radical (unpaired) electrons. The lowest BCUT2D eigenvalue weighted by Crippen LogP contribution is -2.48. The average molecular weight is 254 g/mol. The van der Waals surface area contributed by atoms with Gasteiger partial charge in [-0.2, -0.15) is 0 Å². The summed E-state index contributed by atoms with van der Waals surface area (Å²) in [5, 5.41) is 10.0. The fraction of sp³-hybridized carbons (Fsp3) is 0.600. The van der Waals surface area contributed by atoms with Crippen molar-refractivity contribution in [3.63, 3.8) is 0 Å². The van der Waals surface area contributed by atoms with Gasteiger partial charge in [0.2, 0.25) is 11.8 Å². The van der Waals surface area contributed by atoms with E-state index in [0.29, 0.717) is 5.69 Å². The lowest BCUT2D eigenvalue weighted by molar-refractivity contribution is -0.128. The van der Waals surface area contributed by atoms with Crippen molar-refractivity contribution in [2.45, 2.75) is 33.0 Å². The number of rotatable bonds is 6. The zero-order valence-corrected chi connectivity index (χ0v) is 10.5. The van der Waals surface area contributed by atoms with Crippen LogP contribution in [-0.2, 0) is 22.7 Å². The van der Waals surface area contributed by atoms with Crippen LogP contribution in [0.4, 0.5) is 0 Å². The van der Waals surface area contributed by atoms with Gasteiger partial charge in [-0.05, 0) is 5.92 Å². The third-order valence-electron chi connectivity index (χ3n) is 2.39. The number of hydrogen-bond donors (Lipinski definition) is 3. The second-order valence-corrected chi connectivity index (χ2v) is 4.30. The fourth-order valence-electron chi connectivity index (χ4n) is 1.44. The van der Waals surface area contributed by atoms with E-state index in [1.807, 2.05) is 0 Å². The number of hydrogen-bond acceptors (Lipinski definition) is 5. The predicted octanol–water partition coefficient (Wildman–Crippen LogP) is -1.64. The first-order chi connectivity index (χ1) is 8.43. The average Bonchev–Trinajstić information content (AvgIpc) is 2.72. The molecule has 0 aliphatic carbocycles. The van der Waals surface area contributed by atoms with Gasteiger partial charge in [0.05, 0.1) is 11.9 Å². The number of carbonyl (C=O) groups excluding carboxylic acids is 2. The molecule has 1 aromatic rings. The number of carbonyl (C=O) groups is 2. The molecule has 1 rings (SSSR count). The van der Waals surface area contributed by atoms with E-state index < -0.39 is 11.9 Å². The number of primary amides is 1. The summed E-state index contributed by atoms with van der Waals surface area (Å²) >= 11 is 0. The minimum absolute atomic E-state index is 0.0243. The Hall–Kier alpha value is -1.96. The van der Waals surface area contributed by atoms with Crippen LogP contribution in [0.5, 0.6) is 0 Å². The molecular weight excluding hydrogens is 236 g/mol. The second-order valence-electron chi connectivity index (χ2n) is 4.30. The van der Waals surface area contributed by atoms with Crippen molar-refractivity contribution in [3.8, 4) is 0 Å². The van der Waals surface area contributed by atoms with Gasteiger partial charge in [-0.15, -0.1) is 5.10 Å². The highest BCUT2D eigenvalue weighted by Gasteiger charge is 2.21. The molecule has 1 heterocycles. The first-order valence-electron chi connectivity index (χ1n) is 5.61. The molecular formula is C10H18N6O2. The van der Waals surface area contributed by atoms with Gasteiger partial charge in [-0.25, -0.2) is 4.68 Å². The van der Waals surface area contributed by atoms with Crippen molar-refractivity contribution < 1.29 is 9.59 Å². The standard InChI is InChI=1S/C10H18N6O2/c1-6(2)9(10(12)18)13-8(17)5-16-4-7(3-11)14-15-16/h4,6,9H,3,5,11H2,1-2H3,(H2,12,18)(H,13,17). The summed E-state index contributed by atoms with van der Waals surface area (Å²) in [7, 11) is 0. The first-order valence-corrected chi connectivity index (χ1v) is 5.61. The van der Waals surface area contributed by atoms with Gasteiger partial charge in [-0.1, -0.05) is 19.1 Å². The van der Waals surface area contributed by atoms with E-state index in [2.05, 4.69) is 15.6 Å². The number of aromatic nitrogens is 3. The van der Waals surface area contributed by atoms with E-state index in [4.69, 9.17) is 11.5 Å². The minimum atomic E-state index is -0.685. The third-order valence-corrected chi connectivity index (χ3v) is 2.39. The summed E-state index contributed by atoms with van der Waals surface area (Å²) in [4.78, 5) is 22.8. The van der Waals surface area contributed by atoms with Crippen LogP contribution in [0.25, 0.3) is 0 Å². The molecule has 18 heavy (non-hydrogen) atoms. The highest BCUT2D eigenvalue weighted by Crippen LogP contribution is 2.01. The van der Waals surface area contributed by atoms with Gasteiger partial charge in [-0.3, -0.25) is 9.59 Å². The zero-order valence-electron chi connectivity index (χ0n) is 10.5. The number of amides is 2. The van der Waals surface area contributed by atoms with Crippen LogP contribution in [-0.4, -0.2) is 32.9 Å². The highest BCUT2D eigenvalue weighted by molar-refractivity contribution is 5.86. The van der Waals surface area contributed by atoms with Gasteiger partial charge in [0.1, 0.15) is 12.6 Å². The van der Waals surface area contributed by atoms with Crippen LogP contribution in [0.3, 0.4) is 0 Å². The molecule has 1 unspecified atom stereocenters. The molecule has 1 atom stereocenters. The smallest absolute Gasteiger partial charge is 0.242 e. The summed E-state index contributed by atoms with van der Waals surface area (Å²) in [5.41, 5.74) is 11.2. The summed E-state index contributed by atoms with van der Waals surface area (Å²) in [6.07, 6.45) is 1.58. The minimum Gasteiger partial charge on any atom is -0.368 e. The number of nitrogens with two attached hydrogens (primary N) is 2. The number of nitrogens with zero attached hydrogens (tertiary/aromatic N) is 3. The Bertz CT molecular complexity index is 428. The molecule has 0 aliphatic rings. The Labute approximate surface area is 105 Å². The normalized spacial score (nSPS) is 12.4. The van der Waals surface area contributed by atoms with Crippen molar-refractivity contribution in [1.29, 1.82) is 0 Å². The van der Waals surface area contributed by atoms with Gasteiger partial charge >= 0.3 is 0 Å². The van der Waals surface area contributed by atoms with Gasteiger partial charge < -0.3 is 16.8 Å². The molecule has 1 aromatic heterocycles. The second kappa shape index (κ2) is 6.10. The molecule has 0 saturated carbocycles. The maximum absolute atomic E-state index is 11.7. The Balaban J connectivity index is 2.57. The molecule has 0 spiro atoms. The quantitative estimate of drug-likeness (QED) is 0.561. The van der Waals surface area contributed by atoms with E-state index in [1.165, 1.54) is 4.68 Å². The van der Waals surface area contributed by atoms with Crippen LogP contribution in [0.1, 0.15) is 19.5 Å². The molecule has 8 nitrogen and oxygen atoms in total. The van der Waals surface area contributed by atoms with Crippen LogP contribution < -0.4 is 16.8 Å². The molecule has 0 aromatic carbocycles. The van der Waals surface area contributed by atoms with Crippen molar-refractivity contribution in [1.82, 2.24) is 20.3 Å². The van der Waals surface area contributed by atoms with E-state index in [-0.39, 0.29) is 24.9 Å². The Morgan fingerprint density at radius 1 is 1.50 bits per heavy atom. The summed E-state index contributed by atoms with van der Waals surface area (Å²) in [6.45, 7) is 3.84. The van der Waals surface area contributed by atoms with Gasteiger partial charge in [0.15, 0.2) is 0 Å². The molecule has 0 saturated heterocycles. The maximum Gasteiger partial charge on any atom is 0.242 e. The first kappa shape index (κ1) is 14.1. The lowest BCUT2D eigenvalue weighted by atomic mass is 10.0. The van der Waals surface area contributed by atoms with Crippen molar-refractivity contribution in [2.24, 2.45) is 17.4 Å². The zero-order chi connectivity index (χ0) is 13.7. The Morgan fingerprint density at radius 3 is 2.61 bits per heavy atom. The van der Waals surface area contributed by atoms with Gasteiger partial charge in [0, 0.05) is 6.54 Å². The molecule has 8 heteroatoms. The van der Waals surface area contributed by atoms with E-state index in [1.54, 1.807) is 20.0 Å². The van der Waals surface area contributed by atoms with Crippen molar-refractivity contribution >= 4 is 11.8 Å². The molecule has 0 aliphatic heterocycles. The lowest BCUT2D eigenvalue weighted by Gasteiger charge is -2.18. The van der Waals surface area contributed by atoms with E-state index in [9.17, 15) is 9.59 Å². The van der Waals surface area contributed by atoms with Crippen LogP contribution >= 0.6 is 0 Å². The van der Waals surface area contributed by atoms with E-state index in [0.717, 1.165) is 0 Å². The molecule has 0 fully saturated rings. The van der Waals surface area contributed by atoms with Crippen LogP contribution in [0, 0.1) is 5.92 Å². The van der Waals surface area contributed by atoms with Crippen LogP contribution in [0.2, 0.25) is 0 Å². The summed E-state index contributed by atoms with van der Waals surface area (Å²) < 4.78 is 1.36. The molecule has 2 amide bonds. The maximum atomic E-state index is 11.7. The topological polar surface area (TPSA) is 129 Å². The van der Waals surface area contributed by atoms with Crippen molar-refractivity contribution in [2.75, 3.05) is 0 Å². The van der Waals surface area contributed by atoms with E-state index >= 15 is 0 Å². The molecule has 0 bridgehead atoms. The Morgan fingerprint density at radius 2 is 2.17 bits per heavy atom. The predicted molar refractivity (Wildman–Crippen MR) is 63.9 cm³/mol. The fourth-order valence-corrected chi connectivity index (χ4v) is 1.44. The largest absolute Gasteiger partial charge is 0.368 e. The summed E-state index contributed by atoms with van der Waals surface area (Å²) in [6, 6.07) is -0.685. The van der Waals surface area contributed by atoms with Crippen molar-refractivity contribution in [3.05, 3.63) is 11.9 Å². The SMILES string of the molecule is CC(C)C(NC(=O)Cn1cc(CN)nn1)C(N)=O.